The number of carbonyl (C=O) groups is 1. The van der Waals surface area contributed by atoms with Gasteiger partial charge in [-0.3, -0.25) is 4.79 Å². The summed E-state index contributed by atoms with van der Waals surface area (Å²) < 4.78 is 0. The van der Waals surface area contributed by atoms with E-state index in [2.05, 4.69) is 5.32 Å². The summed E-state index contributed by atoms with van der Waals surface area (Å²) in [6.07, 6.45) is 15.4. The highest BCUT2D eigenvalue weighted by Crippen LogP contribution is 2.34. The second-order valence-electron chi connectivity index (χ2n) is 5.54. The average Bonchev–Trinajstić information content (AvgIpc) is 3.09. The molecule has 1 fully saturated rings. The number of hydrogen-bond donors (Lipinski definition) is 1. The summed E-state index contributed by atoms with van der Waals surface area (Å²) in [6, 6.07) is 0. The Morgan fingerprint density at radius 2 is 1.47 bits per heavy atom. The van der Waals surface area contributed by atoms with Crippen molar-refractivity contribution in [3.05, 3.63) is 0 Å². The Hall–Kier alpha value is -0.530. The molecule has 0 bridgehead atoms. The van der Waals surface area contributed by atoms with Crippen molar-refractivity contribution >= 4 is 5.91 Å². The minimum atomic E-state index is 0.0978. The van der Waals surface area contributed by atoms with E-state index >= 15 is 0 Å². The Kier molecular flexibility index (Phi) is 8.12. The molecule has 2 nitrogen and oxygen atoms in total. The number of nitrogens with one attached hydrogen (secondary N) is 1. The molecule has 2 heteroatoms. The van der Waals surface area contributed by atoms with Gasteiger partial charge in [-0.05, 0) is 12.3 Å². The van der Waals surface area contributed by atoms with Crippen molar-refractivity contribution in [2.24, 2.45) is 5.92 Å². The molecule has 0 heterocycles. The highest BCUT2D eigenvalue weighted by atomic mass is 16.1. The van der Waals surface area contributed by atoms with Crippen molar-refractivity contribution in [3.8, 4) is 0 Å². The van der Waals surface area contributed by atoms with Crippen LogP contribution in [0.3, 0.4) is 0 Å². The van der Waals surface area contributed by atoms with Crippen molar-refractivity contribution in [2.45, 2.75) is 77.6 Å². The van der Waals surface area contributed by atoms with E-state index in [9.17, 15) is 4.79 Å². The lowest BCUT2D eigenvalue weighted by molar-refractivity contribution is -0.118. The first kappa shape index (κ1) is 14.5. The molecule has 1 N–H and O–H groups in total. The zero-order chi connectivity index (χ0) is 12.3. The monoisotopic (exact) mass is 239 g/mol. The normalized spacial score (nSPS) is 14.9. The highest BCUT2D eigenvalue weighted by molar-refractivity contribution is 5.72. The zero-order valence-corrected chi connectivity index (χ0v) is 11.5. The summed E-state index contributed by atoms with van der Waals surface area (Å²) in [5, 5.41) is 2.84. The number of rotatable bonds is 11. The fourth-order valence-corrected chi connectivity index (χ4v) is 2.29. The van der Waals surface area contributed by atoms with Crippen LogP contribution in [-0.4, -0.2) is 12.5 Å². The lowest BCUT2D eigenvalue weighted by atomic mass is 10.1. The molecule has 100 valence electrons. The van der Waals surface area contributed by atoms with Crippen molar-refractivity contribution in [1.29, 1.82) is 0 Å². The van der Waals surface area contributed by atoms with E-state index in [1.165, 1.54) is 64.2 Å². The fourth-order valence-electron chi connectivity index (χ4n) is 2.29. The molecular weight excluding hydrogens is 210 g/mol. The number of amides is 1. The van der Waals surface area contributed by atoms with E-state index in [4.69, 9.17) is 0 Å². The van der Waals surface area contributed by atoms with Crippen LogP contribution >= 0.6 is 0 Å². The second kappa shape index (κ2) is 9.49. The fraction of sp³-hybridized carbons (Fsp3) is 0.933. The molecule has 0 aromatic carbocycles. The third-order valence-electron chi connectivity index (χ3n) is 3.61. The smallest absolute Gasteiger partial charge is 0.216 e. The molecule has 1 amide bonds. The van der Waals surface area contributed by atoms with Crippen molar-refractivity contribution < 1.29 is 4.79 Å². The van der Waals surface area contributed by atoms with Crippen LogP contribution in [0, 0.1) is 5.92 Å². The Bertz CT molecular complexity index is 199. The number of hydrogen-bond acceptors (Lipinski definition) is 1. The minimum absolute atomic E-state index is 0.0978. The topological polar surface area (TPSA) is 29.1 Å². The van der Waals surface area contributed by atoms with Gasteiger partial charge in [0, 0.05) is 13.5 Å². The van der Waals surface area contributed by atoms with Crippen LogP contribution in [0.1, 0.15) is 77.6 Å². The highest BCUT2D eigenvalue weighted by Gasteiger charge is 2.19. The van der Waals surface area contributed by atoms with Gasteiger partial charge in [0.05, 0.1) is 0 Å². The van der Waals surface area contributed by atoms with Crippen LogP contribution < -0.4 is 5.32 Å². The predicted molar refractivity (Wildman–Crippen MR) is 73.0 cm³/mol. The summed E-state index contributed by atoms with van der Waals surface area (Å²) in [5.74, 6) is 1.21. The van der Waals surface area contributed by atoms with Crippen LogP contribution in [0.25, 0.3) is 0 Å². The van der Waals surface area contributed by atoms with Gasteiger partial charge >= 0.3 is 0 Å². The molecule has 1 rings (SSSR count). The van der Waals surface area contributed by atoms with E-state index in [0.29, 0.717) is 0 Å². The summed E-state index contributed by atoms with van der Waals surface area (Å²) >= 11 is 0. The predicted octanol–water partition coefficient (Wildman–Crippen LogP) is 4.04. The molecule has 0 aromatic heterocycles. The van der Waals surface area contributed by atoms with E-state index in [1.807, 2.05) is 0 Å². The van der Waals surface area contributed by atoms with Gasteiger partial charge < -0.3 is 5.32 Å². The maximum atomic E-state index is 10.6. The second-order valence-corrected chi connectivity index (χ2v) is 5.54. The minimum Gasteiger partial charge on any atom is -0.356 e. The Labute approximate surface area is 107 Å². The van der Waals surface area contributed by atoms with E-state index in [1.54, 1.807) is 6.92 Å². The summed E-state index contributed by atoms with van der Waals surface area (Å²) in [7, 11) is 0. The van der Waals surface area contributed by atoms with Gasteiger partial charge in [0.25, 0.3) is 0 Å². The lowest BCUT2D eigenvalue weighted by Gasteiger charge is -2.03. The molecule has 0 atom stereocenters. The molecule has 0 spiro atoms. The molecule has 1 aliphatic rings. The molecule has 1 aliphatic carbocycles. The molecule has 0 saturated heterocycles. The van der Waals surface area contributed by atoms with Gasteiger partial charge in [-0.25, -0.2) is 0 Å². The molecule has 17 heavy (non-hydrogen) atoms. The van der Waals surface area contributed by atoms with Gasteiger partial charge in [-0.15, -0.1) is 0 Å². The standard InChI is InChI=1S/C15H29NO/c1-14(17)16-13-9-7-5-3-2-4-6-8-10-15-11-12-15/h15H,2-13H2,1H3,(H,16,17). The molecule has 0 unspecified atom stereocenters. The van der Waals surface area contributed by atoms with Crippen LogP contribution in [0.5, 0.6) is 0 Å². The van der Waals surface area contributed by atoms with Gasteiger partial charge in [0.1, 0.15) is 0 Å². The van der Waals surface area contributed by atoms with Crippen LogP contribution in [0.4, 0.5) is 0 Å². The lowest BCUT2D eigenvalue weighted by Crippen LogP contribution is -2.20. The van der Waals surface area contributed by atoms with Crippen LogP contribution in [0.15, 0.2) is 0 Å². The third kappa shape index (κ3) is 10.3. The quantitative estimate of drug-likeness (QED) is 0.542. The molecule has 0 aliphatic heterocycles. The average molecular weight is 239 g/mol. The summed E-state index contributed by atoms with van der Waals surface area (Å²) in [6.45, 7) is 2.44. The van der Waals surface area contributed by atoms with Crippen molar-refractivity contribution in [2.75, 3.05) is 6.54 Å². The Morgan fingerprint density at radius 1 is 0.941 bits per heavy atom. The van der Waals surface area contributed by atoms with E-state index in [0.717, 1.165) is 18.9 Å². The molecule has 0 aromatic rings. The number of unbranched alkanes of at least 4 members (excludes halogenated alkanes) is 7. The Morgan fingerprint density at radius 3 is 2.00 bits per heavy atom. The summed E-state index contributed by atoms with van der Waals surface area (Å²) in [4.78, 5) is 10.6. The van der Waals surface area contributed by atoms with Gasteiger partial charge in [0.15, 0.2) is 0 Å². The van der Waals surface area contributed by atoms with Gasteiger partial charge in [-0.1, -0.05) is 64.2 Å². The van der Waals surface area contributed by atoms with E-state index in [-0.39, 0.29) is 5.91 Å². The molecule has 0 radical (unpaired) electrons. The van der Waals surface area contributed by atoms with Crippen molar-refractivity contribution in [1.82, 2.24) is 5.32 Å². The SMILES string of the molecule is CC(=O)NCCCCCCCCCCC1CC1. The van der Waals surface area contributed by atoms with Crippen LogP contribution in [-0.2, 0) is 4.79 Å². The number of carbonyl (C=O) groups excluding carboxylic acids is 1. The van der Waals surface area contributed by atoms with Gasteiger partial charge in [-0.2, -0.15) is 0 Å². The maximum absolute atomic E-state index is 10.6. The zero-order valence-electron chi connectivity index (χ0n) is 11.5. The summed E-state index contributed by atoms with van der Waals surface area (Å²) in [5.41, 5.74) is 0. The first-order valence-electron chi connectivity index (χ1n) is 7.53. The largest absolute Gasteiger partial charge is 0.356 e. The first-order valence-corrected chi connectivity index (χ1v) is 7.53. The van der Waals surface area contributed by atoms with Gasteiger partial charge in [0.2, 0.25) is 5.91 Å². The maximum Gasteiger partial charge on any atom is 0.216 e. The van der Waals surface area contributed by atoms with Crippen LogP contribution in [0.2, 0.25) is 0 Å². The van der Waals surface area contributed by atoms with E-state index < -0.39 is 0 Å². The first-order chi connectivity index (χ1) is 8.29. The molecular formula is C15H29NO. The molecule has 1 saturated carbocycles. The van der Waals surface area contributed by atoms with Crippen molar-refractivity contribution in [3.63, 3.8) is 0 Å². The third-order valence-corrected chi connectivity index (χ3v) is 3.61. The Balaban J connectivity index is 1.65.